The highest BCUT2D eigenvalue weighted by atomic mass is 35.5. The van der Waals surface area contributed by atoms with Crippen LogP contribution in [0.25, 0.3) is 0 Å². The van der Waals surface area contributed by atoms with Gasteiger partial charge in [0.1, 0.15) is 0 Å². The summed E-state index contributed by atoms with van der Waals surface area (Å²) in [4.78, 5) is 12.4. The Labute approximate surface area is 115 Å². The maximum absolute atomic E-state index is 12.4. The molecule has 0 saturated heterocycles. The van der Waals surface area contributed by atoms with E-state index in [2.05, 4.69) is 0 Å². The molecule has 3 heteroatoms. The molecule has 0 saturated carbocycles. The van der Waals surface area contributed by atoms with Crippen LogP contribution >= 0.6 is 23.2 Å². The van der Waals surface area contributed by atoms with Crippen LogP contribution in [0.15, 0.2) is 54.6 Å². The third-order valence-electron chi connectivity index (χ3n) is 3.31. The predicted octanol–water partition coefficient (Wildman–Crippen LogP) is 4.30. The zero-order valence-corrected chi connectivity index (χ0v) is 10.9. The van der Waals surface area contributed by atoms with E-state index in [-0.39, 0.29) is 5.78 Å². The Hall–Kier alpha value is -1.31. The van der Waals surface area contributed by atoms with Crippen molar-refractivity contribution in [3.05, 3.63) is 71.3 Å². The summed E-state index contributed by atoms with van der Waals surface area (Å²) in [5.41, 5.74) is 2.17. The molecule has 0 N–H and O–H groups in total. The van der Waals surface area contributed by atoms with Gasteiger partial charge in [-0.25, -0.2) is 0 Å². The Morgan fingerprint density at radius 2 is 1.50 bits per heavy atom. The minimum Gasteiger partial charge on any atom is -0.293 e. The Morgan fingerprint density at radius 1 is 0.889 bits per heavy atom. The zero-order valence-electron chi connectivity index (χ0n) is 9.44. The molecule has 0 heterocycles. The number of alkyl halides is 2. The number of carbonyl (C=O) groups is 1. The van der Waals surface area contributed by atoms with Crippen molar-refractivity contribution in [1.82, 2.24) is 0 Å². The number of ketones is 1. The lowest BCUT2D eigenvalue weighted by Gasteiger charge is -2.22. The van der Waals surface area contributed by atoms with Crippen LogP contribution in [0.3, 0.4) is 0 Å². The molecule has 0 radical (unpaired) electrons. The third kappa shape index (κ3) is 1.58. The lowest BCUT2D eigenvalue weighted by Crippen LogP contribution is -2.19. The molecule has 0 fully saturated rings. The van der Waals surface area contributed by atoms with E-state index >= 15 is 0 Å². The summed E-state index contributed by atoms with van der Waals surface area (Å²) < 4.78 is -1.19. The van der Waals surface area contributed by atoms with E-state index in [1.165, 1.54) is 0 Å². The molecule has 2 aromatic carbocycles. The predicted molar refractivity (Wildman–Crippen MR) is 73.3 cm³/mol. The van der Waals surface area contributed by atoms with Crippen molar-refractivity contribution in [3.63, 3.8) is 0 Å². The van der Waals surface area contributed by atoms with E-state index in [0.29, 0.717) is 11.1 Å². The molecule has 3 rings (SSSR count). The molecule has 1 unspecified atom stereocenters. The smallest absolute Gasteiger partial charge is 0.174 e. The average Bonchev–Trinajstić information content (AvgIpc) is 2.59. The van der Waals surface area contributed by atoms with Crippen LogP contribution in [0.1, 0.15) is 27.4 Å². The van der Waals surface area contributed by atoms with E-state index in [1.54, 1.807) is 6.07 Å². The summed E-state index contributed by atoms with van der Waals surface area (Å²) in [6.07, 6.45) is 0. The molecule has 1 nitrogen and oxygen atoms in total. The van der Waals surface area contributed by atoms with Crippen molar-refractivity contribution >= 4 is 29.0 Å². The third-order valence-corrected chi connectivity index (χ3v) is 4.15. The van der Waals surface area contributed by atoms with Crippen LogP contribution in [0.5, 0.6) is 0 Å². The van der Waals surface area contributed by atoms with Gasteiger partial charge in [0.15, 0.2) is 10.1 Å². The van der Waals surface area contributed by atoms with Gasteiger partial charge in [-0.05, 0) is 11.1 Å². The number of hydrogen-bond acceptors (Lipinski definition) is 1. The molecule has 0 amide bonds. The lowest BCUT2D eigenvalue weighted by atomic mass is 9.94. The summed E-state index contributed by atoms with van der Waals surface area (Å²) in [6, 6.07) is 16.7. The molecule has 0 spiro atoms. The Bertz CT molecular complexity index is 605. The number of benzene rings is 2. The SMILES string of the molecule is O=C1c2ccccc2C(Cl)(Cl)C1c1ccccc1. The van der Waals surface area contributed by atoms with Gasteiger partial charge in [-0.3, -0.25) is 4.79 Å². The minimum absolute atomic E-state index is 0.0122. The van der Waals surface area contributed by atoms with E-state index in [0.717, 1.165) is 5.56 Å². The first-order chi connectivity index (χ1) is 8.62. The maximum atomic E-state index is 12.4. The molecule has 18 heavy (non-hydrogen) atoms. The second-order valence-electron chi connectivity index (χ2n) is 4.38. The van der Waals surface area contributed by atoms with Crippen molar-refractivity contribution in [3.8, 4) is 0 Å². The Kier molecular flexibility index (Phi) is 2.69. The first-order valence-corrected chi connectivity index (χ1v) is 6.44. The van der Waals surface area contributed by atoms with Gasteiger partial charge in [-0.2, -0.15) is 0 Å². The standard InChI is InChI=1S/C15H10Cl2O/c16-15(17)12-9-5-4-8-11(12)14(18)13(15)10-6-2-1-3-7-10/h1-9,13H. The van der Waals surface area contributed by atoms with Crippen molar-refractivity contribution in [1.29, 1.82) is 0 Å². The Morgan fingerprint density at radius 3 is 2.17 bits per heavy atom. The van der Waals surface area contributed by atoms with Crippen LogP contribution in [0.4, 0.5) is 0 Å². The normalized spacial score (nSPS) is 20.8. The molecule has 1 atom stereocenters. The fraction of sp³-hybridized carbons (Fsp3) is 0.133. The second-order valence-corrected chi connectivity index (χ2v) is 5.76. The molecule has 0 bridgehead atoms. The van der Waals surface area contributed by atoms with Crippen LogP contribution in [0, 0.1) is 0 Å². The van der Waals surface area contributed by atoms with Gasteiger partial charge >= 0.3 is 0 Å². The van der Waals surface area contributed by atoms with E-state index in [1.807, 2.05) is 48.5 Å². The second kappa shape index (κ2) is 4.11. The van der Waals surface area contributed by atoms with Gasteiger partial charge in [0, 0.05) is 5.56 Å². The largest absolute Gasteiger partial charge is 0.293 e. The van der Waals surface area contributed by atoms with E-state index in [4.69, 9.17) is 23.2 Å². The lowest BCUT2D eigenvalue weighted by molar-refractivity contribution is 0.0968. The van der Waals surface area contributed by atoms with Gasteiger partial charge in [0.25, 0.3) is 0 Å². The summed E-state index contributed by atoms with van der Waals surface area (Å²) in [5, 5.41) is 0. The van der Waals surface area contributed by atoms with Gasteiger partial charge in [-0.15, -0.1) is 0 Å². The highest BCUT2D eigenvalue weighted by Gasteiger charge is 2.50. The molecular formula is C15H10Cl2O. The van der Waals surface area contributed by atoms with Gasteiger partial charge in [0.2, 0.25) is 0 Å². The Balaban J connectivity index is 2.18. The minimum atomic E-state index is -1.19. The van der Waals surface area contributed by atoms with E-state index in [9.17, 15) is 4.79 Å². The van der Waals surface area contributed by atoms with Gasteiger partial charge in [-0.1, -0.05) is 77.8 Å². The molecule has 1 aliphatic rings. The van der Waals surface area contributed by atoms with Crippen molar-refractivity contribution in [2.45, 2.75) is 10.3 Å². The summed E-state index contributed by atoms with van der Waals surface area (Å²) in [5.74, 6) is -0.541. The topological polar surface area (TPSA) is 17.1 Å². The van der Waals surface area contributed by atoms with Gasteiger partial charge < -0.3 is 0 Å². The first-order valence-electron chi connectivity index (χ1n) is 5.69. The zero-order chi connectivity index (χ0) is 12.8. The fourth-order valence-electron chi connectivity index (χ4n) is 2.47. The number of rotatable bonds is 1. The van der Waals surface area contributed by atoms with Crippen LogP contribution in [-0.2, 0) is 4.33 Å². The monoisotopic (exact) mass is 276 g/mol. The van der Waals surface area contributed by atoms with Crippen LogP contribution in [0.2, 0.25) is 0 Å². The number of carbonyl (C=O) groups excluding carboxylic acids is 1. The van der Waals surface area contributed by atoms with Gasteiger partial charge in [0.05, 0.1) is 5.92 Å². The van der Waals surface area contributed by atoms with Crippen LogP contribution in [-0.4, -0.2) is 5.78 Å². The molecule has 2 aromatic rings. The average molecular weight is 277 g/mol. The first kappa shape index (κ1) is 11.8. The van der Waals surface area contributed by atoms with Crippen molar-refractivity contribution < 1.29 is 4.79 Å². The molecule has 1 aliphatic carbocycles. The van der Waals surface area contributed by atoms with Crippen LogP contribution < -0.4 is 0 Å². The molecule has 90 valence electrons. The fourth-order valence-corrected chi connectivity index (χ4v) is 3.25. The summed E-state index contributed by atoms with van der Waals surface area (Å²) >= 11 is 12.9. The summed E-state index contributed by atoms with van der Waals surface area (Å²) in [7, 11) is 0. The summed E-state index contributed by atoms with van der Waals surface area (Å²) in [6.45, 7) is 0. The van der Waals surface area contributed by atoms with Crippen molar-refractivity contribution in [2.75, 3.05) is 0 Å². The number of Topliss-reactive ketones (excluding diaryl/α,β-unsaturated/α-hetero) is 1. The highest BCUT2D eigenvalue weighted by molar-refractivity contribution is 6.51. The van der Waals surface area contributed by atoms with Crippen molar-refractivity contribution in [2.24, 2.45) is 0 Å². The highest BCUT2D eigenvalue weighted by Crippen LogP contribution is 2.54. The van der Waals surface area contributed by atoms with E-state index < -0.39 is 10.3 Å². The number of halogens is 2. The number of hydrogen-bond donors (Lipinski definition) is 0. The maximum Gasteiger partial charge on any atom is 0.174 e. The molecular weight excluding hydrogens is 267 g/mol. The molecule has 0 aliphatic heterocycles. The quantitative estimate of drug-likeness (QED) is 0.710. The molecule has 0 aromatic heterocycles. The number of fused-ring (bicyclic) bond motifs is 1.